The van der Waals surface area contributed by atoms with Crippen molar-refractivity contribution in [2.75, 3.05) is 5.32 Å². The zero-order chi connectivity index (χ0) is 18.1. The lowest BCUT2D eigenvalue weighted by Crippen LogP contribution is -2.09. The van der Waals surface area contributed by atoms with Gasteiger partial charge in [-0.1, -0.05) is 48.0 Å². The van der Waals surface area contributed by atoms with Crippen molar-refractivity contribution >= 4 is 44.7 Å². The van der Waals surface area contributed by atoms with Crippen LogP contribution in [0.2, 0.25) is 5.02 Å². The Morgan fingerprint density at radius 3 is 2.65 bits per heavy atom. The third-order valence-electron chi connectivity index (χ3n) is 4.14. The molecule has 0 fully saturated rings. The summed E-state index contributed by atoms with van der Waals surface area (Å²) in [5.74, 6) is -0.110. The predicted octanol–water partition coefficient (Wildman–Crippen LogP) is 5.36. The molecular weight excluding hydrogens is 366 g/mol. The minimum atomic E-state index is -0.110. The fourth-order valence-electron chi connectivity index (χ4n) is 2.83. The van der Waals surface area contributed by atoms with Crippen LogP contribution < -0.4 is 5.32 Å². The van der Waals surface area contributed by atoms with Crippen LogP contribution in [0, 0.1) is 6.92 Å². The van der Waals surface area contributed by atoms with Crippen LogP contribution >= 0.6 is 22.9 Å². The van der Waals surface area contributed by atoms with Crippen LogP contribution in [-0.2, 0) is 6.54 Å². The van der Waals surface area contributed by atoms with Crippen molar-refractivity contribution in [2.24, 2.45) is 0 Å². The minimum absolute atomic E-state index is 0.110. The summed E-state index contributed by atoms with van der Waals surface area (Å²) in [5.41, 5.74) is 2.69. The first-order valence-corrected chi connectivity index (χ1v) is 9.38. The van der Waals surface area contributed by atoms with Gasteiger partial charge in [-0.2, -0.15) is 5.10 Å². The first kappa shape index (κ1) is 16.8. The minimum Gasteiger partial charge on any atom is -0.321 e. The van der Waals surface area contributed by atoms with Gasteiger partial charge in [0.15, 0.2) is 0 Å². The van der Waals surface area contributed by atoms with Crippen molar-refractivity contribution in [1.82, 2.24) is 9.78 Å². The maximum absolute atomic E-state index is 12.6. The highest BCUT2D eigenvalue weighted by molar-refractivity contribution is 7.20. The number of hydrogen-bond acceptors (Lipinski definition) is 3. The van der Waals surface area contributed by atoms with Gasteiger partial charge in [0.25, 0.3) is 5.91 Å². The molecular formula is C20H16ClN3OS. The Balaban J connectivity index is 1.65. The molecule has 0 aliphatic rings. The summed E-state index contributed by atoms with van der Waals surface area (Å²) in [6.07, 6.45) is 0. The lowest BCUT2D eigenvalue weighted by Gasteiger charge is -2.05. The van der Waals surface area contributed by atoms with E-state index in [1.165, 1.54) is 11.3 Å². The second kappa shape index (κ2) is 6.94. The molecule has 2 aromatic heterocycles. The van der Waals surface area contributed by atoms with Crippen LogP contribution in [0.1, 0.15) is 20.9 Å². The Kier molecular flexibility index (Phi) is 4.49. The number of thiophene rings is 1. The van der Waals surface area contributed by atoms with Crippen LogP contribution in [0.5, 0.6) is 0 Å². The standard InChI is InChI=1S/C20H16ClN3OS/c1-13-16-11-18(19(25)22-15-8-3-2-4-9-15)26-20(16)24(23-13)12-14-7-5-6-10-17(14)21/h2-11H,12H2,1H3,(H,22,25). The number of aromatic nitrogens is 2. The van der Waals surface area contributed by atoms with Gasteiger partial charge in [-0.05, 0) is 36.8 Å². The highest BCUT2D eigenvalue weighted by Gasteiger charge is 2.17. The number of para-hydroxylation sites is 1. The van der Waals surface area contributed by atoms with E-state index in [2.05, 4.69) is 10.4 Å². The molecule has 0 saturated heterocycles. The molecule has 0 spiro atoms. The zero-order valence-electron chi connectivity index (χ0n) is 14.1. The van der Waals surface area contributed by atoms with E-state index in [-0.39, 0.29) is 5.91 Å². The summed E-state index contributed by atoms with van der Waals surface area (Å²) >= 11 is 7.72. The Bertz CT molecular complexity index is 1090. The van der Waals surface area contributed by atoms with Gasteiger partial charge in [0, 0.05) is 16.1 Å². The van der Waals surface area contributed by atoms with E-state index in [1.807, 2.05) is 72.3 Å². The van der Waals surface area contributed by atoms with Crippen LogP contribution in [0.3, 0.4) is 0 Å². The van der Waals surface area contributed by atoms with Gasteiger partial charge in [-0.3, -0.25) is 9.48 Å². The number of aryl methyl sites for hydroxylation is 1. The molecule has 4 rings (SSSR count). The quantitative estimate of drug-likeness (QED) is 0.517. The number of halogens is 1. The molecule has 26 heavy (non-hydrogen) atoms. The normalized spacial score (nSPS) is 11.0. The fourth-order valence-corrected chi connectivity index (χ4v) is 4.09. The van der Waals surface area contributed by atoms with E-state index in [4.69, 9.17) is 11.6 Å². The first-order chi connectivity index (χ1) is 12.6. The van der Waals surface area contributed by atoms with E-state index in [0.29, 0.717) is 16.4 Å². The average Bonchev–Trinajstić information content (AvgIpc) is 3.20. The molecule has 4 aromatic rings. The first-order valence-electron chi connectivity index (χ1n) is 8.18. The number of amides is 1. The smallest absolute Gasteiger partial charge is 0.265 e. The molecule has 2 heterocycles. The molecule has 0 atom stereocenters. The van der Waals surface area contributed by atoms with Crippen molar-refractivity contribution in [3.05, 3.63) is 81.8 Å². The maximum Gasteiger partial charge on any atom is 0.265 e. The monoisotopic (exact) mass is 381 g/mol. The van der Waals surface area contributed by atoms with Gasteiger partial charge in [0.1, 0.15) is 4.83 Å². The molecule has 0 radical (unpaired) electrons. The number of anilines is 1. The molecule has 2 aromatic carbocycles. The molecule has 0 aliphatic carbocycles. The van der Waals surface area contributed by atoms with Crippen LogP contribution in [0.4, 0.5) is 5.69 Å². The Labute approximate surface area is 160 Å². The Hall–Kier alpha value is -2.63. The average molecular weight is 382 g/mol. The number of carbonyl (C=O) groups is 1. The van der Waals surface area contributed by atoms with Crippen molar-refractivity contribution in [2.45, 2.75) is 13.5 Å². The van der Waals surface area contributed by atoms with Gasteiger partial charge < -0.3 is 5.32 Å². The number of nitrogens with zero attached hydrogens (tertiary/aromatic N) is 2. The van der Waals surface area contributed by atoms with Gasteiger partial charge in [-0.25, -0.2) is 0 Å². The van der Waals surface area contributed by atoms with Crippen LogP contribution in [-0.4, -0.2) is 15.7 Å². The summed E-state index contributed by atoms with van der Waals surface area (Å²) in [5, 5.41) is 9.25. The lowest BCUT2D eigenvalue weighted by atomic mass is 10.2. The lowest BCUT2D eigenvalue weighted by molar-refractivity contribution is 0.103. The molecule has 0 aliphatic heterocycles. The zero-order valence-corrected chi connectivity index (χ0v) is 15.6. The third kappa shape index (κ3) is 3.23. The van der Waals surface area contributed by atoms with Crippen molar-refractivity contribution in [3.63, 3.8) is 0 Å². The van der Waals surface area contributed by atoms with E-state index in [0.717, 1.165) is 27.2 Å². The van der Waals surface area contributed by atoms with E-state index in [1.54, 1.807) is 0 Å². The highest BCUT2D eigenvalue weighted by Crippen LogP contribution is 2.30. The second-order valence-electron chi connectivity index (χ2n) is 5.98. The summed E-state index contributed by atoms with van der Waals surface area (Å²) < 4.78 is 1.91. The number of rotatable bonds is 4. The Morgan fingerprint density at radius 2 is 1.88 bits per heavy atom. The van der Waals surface area contributed by atoms with Crippen molar-refractivity contribution < 1.29 is 4.79 Å². The summed E-state index contributed by atoms with van der Waals surface area (Å²) in [7, 11) is 0. The molecule has 4 nitrogen and oxygen atoms in total. The van der Waals surface area contributed by atoms with Crippen LogP contribution in [0.15, 0.2) is 60.7 Å². The summed E-state index contributed by atoms with van der Waals surface area (Å²) in [6, 6.07) is 19.1. The molecule has 0 saturated carbocycles. The third-order valence-corrected chi connectivity index (χ3v) is 5.66. The number of fused-ring (bicyclic) bond motifs is 1. The molecule has 1 amide bonds. The second-order valence-corrected chi connectivity index (χ2v) is 7.42. The Morgan fingerprint density at radius 1 is 1.15 bits per heavy atom. The number of carbonyl (C=O) groups excluding carboxylic acids is 1. The molecule has 0 bridgehead atoms. The van der Waals surface area contributed by atoms with Crippen molar-refractivity contribution in [3.8, 4) is 0 Å². The van der Waals surface area contributed by atoms with Gasteiger partial charge >= 0.3 is 0 Å². The summed E-state index contributed by atoms with van der Waals surface area (Å²) in [4.78, 5) is 14.2. The van der Waals surface area contributed by atoms with Crippen molar-refractivity contribution in [1.29, 1.82) is 0 Å². The predicted molar refractivity (Wildman–Crippen MR) is 107 cm³/mol. The van der Waals surface area contributed by atoms with Gasteiger partial charge in [-0.15, -0.1) is 11.3 Å². The molecule has 0 unspecified atom stereocenters. The van der Waals surface area contributed by atoms with Gasteiger partial charge in [0.2, 0.25) is 0 Å². The van der Waals surface area contributed by atoms with Crippen LogP contribution in [0.25, 0.3) is 10.2 Å². The number of hydrogen-bond donors (Lipinski definition) is 1. The molecule has 130 valence electrons. The van der Waals surface area contributed by atoms with E-state index in [9.17, 15) is 4.79 Å². The maximum atomic E-state index is 12.6. The van der Waals surface area contributed by atoms with E-state index >= 15 is 0 Å². The molecule has 1 N–H and O–H groups in total. The number of nitrogens with one attached hydrogen (secondary N) is 1. The molecule has 6 heteroatoms. The summed E-state index contributed by atoms with van der Waals surface area (Å²) in [6.45, 7) is 2.53. The fraction of sp³-hybridized carbons (Fsp3) is 0.100. The number of benzene rings is 2. The van der Waals surface area contributed by atoms with Gasteiger partial charge in [0.05, 0.1) is 17.1 Å². The highest BCUT2D eigenvalue weighted by atomic mass is 35.5. The topological polar surface area (TPSA) is 46.9 Å². The SMILES string of the molecule is Cc1nn(Cc2ccccc2Cl)c2sc(C(=O)Nc3ccccc3)cc12. The van der Waals surface area contributed by atoms with E-state index < -0.39 is 0 Å². The largest absolute Gasteiger partial charge is 0.321 e.